The number of rotatable bonds is 5. The lowest BCUT2D eigenvalue weighted by Gasteiger charge is -2.22. The van der Waals surface area contributed by atoms with Crippen LogP contribution in [0.2, 0.25) is 0 Å². The number of ether oxygens (including phenoxy) is 2. The molecule has 1 aliphatic heterocycles. The van der Waals surface area contributed by atoms with Gasteiger partial charge in [-0.25, -0.2) is 9.59 Å². The monoisotopic (exact) mass is 319 g/mol. The summed E-state index contributed by atoms with van der Waals surface area (Å²) >= 11 is 0. The number of cyclic esters (lactones) is 1. The molecule has 0 spiro atoms. The van der Waals surface area contributed by atoms with E-state index in [0.717, 1.165) is 5.56 Å². The van der Waals surface area contributed by atoms with Crippen molar-refractivity contribution in [2.75, 3.05) is 6.61 Å². The second-order valence-electron chi connectivity index (χ2n) is 5.94. The fraction of sp³-hybridized carbons (Fsp3) is 0.471. The molecule has 1 fully saturated rings. The number of hydrogen-bond donors (Lipinski definition) is 1. The molecule has 1 amide bonds. The van der Waals surface area contributed by atoms with E-state index < -0.39 is 24.1 Å². The number of amides is 1. The van der Waals surface area contributed by atoms with Crippen LogP contribution in [0.4, 0.5) is 0 Å². The summed E-state index contributed by atoms with van der Waals surface area (Å²) in [5.41, 5.74) is 1.51. The highest BCUT2D eigenvalue weighted by Gasteiger charge is 2.34. The zero-order chi connectivity index (χ0) is 17.0. The number of nitrogens with one attached hydrogen (secondary N) is 1. The van der Waals surface area contributed by atoms with Gasteiger partial charge >= 0.3 is 11.9 Å². The number of benzene rings is 1. The third kappa shape index (κ3) is 4.31. The summed E-state index contributed by atoms with van der Waals surface area (Å²) in [5, 5.41) is 2.68. The fourth-order valence-corrected chi connectivity index (χ4v) is 2.23. The average molecular weight is 319 g/mol. The largest absolute Gasteiger partial charge is 0.463 e. The van der Waals surface area contributed by atoms with Gasteiger partial charge in [0.2, 0.25) is 6.10 Å². The van der Waals surface area contributed by atoms with Crippen molar-refractivity contribution in [1.29, 1.82) is 0 Å². The molecule has 0 aliphatic carbocycles. The van der Waals surface area contributed by atoms with Gasteiger partial charge < -0.3 is 14.8 Å². The van der Waals surface area contributed by atoms with E-state index in [1.807, 2.05) is 19.1 Å². The zero-order valence-electron chi connectivity index (χ0n) is 13.5. The lowest BCUT2D eigenvalue weighted by molar-refractivity contribution is -0.162. The predicted octanol–water partition coefficient (Wildman–Crippen LogP) is 1.61. The van der Waals surface area contributed by atoms with E-state index in [1.165, 1.54) is 0 Å². The van der Waals surface area contributed by atoms with Crippen LogP contribution in [0.1, 0.15) is 36.2 Å². The van der Waals surface area contributed by atoms with Crippen LogP contribution in [0.5, 0.6) is 0 Å². The van der Waals surface area contributed by atoms with E-state index in [0.29, 0.717) is 12.0 Å². The Morgan fingerprint density at radius 1 is 1.26 bits per heavy atom. The van der Waals surface area contributed by atoms with Gasteiger partial charge in [-0.05, 0) is 25.0 Å². The van der Waals surface area contributed by atoms with Gasteiger partial charge in [0.1, 0.15) is 6.04 Å². The summed E-state index contributed by atoms with van der Waals surface area (Å²) < 4.78 is 9.94. The topological polar surface area (TPSA) is 81.7 Å². The highest BCUT2D eigenvalue weighted by atomic mass is 16.6. The van der Waals surface area contributed by atoms with Crippen molar-refractivity contribution in [2.45, 2.75) is 39.3 Å². The van der Waals surface area contributed by atoms with Crippen molar-refractivity contribution in [3.05, 3.63) is 35.4 Å². The minimum Gasteiger partial charge on any atom is -0.463 e. The van der Waals surface area contributed by atoms with Gasteiger partial charge in [-0.2, -0.15) is 0 Å². The molecule has 1 saturated heterocycles. The average Bonchev–Trinajstić information content (AvgIpc) is 2.90. The molecular formula is C17H21NO5. The summed E-state index contributed by atoms with van der Waals surface area (Å²) in [6.45, 7) is 5.78. The van der Waals surface area contributed by atoms with Gasteiger partial charge in [-0.3, -0.25) is 4.79 Å². The molecule has 6 nitrogen and oxygen atoms in total. The molecule has 0 aromatic heterocycles. The normalized spacial score (nSPS) is 18.4. The summed E-state index contributed by atoms with van der Waals surface area (Å²) in [7, 11) is 0. The quantitative estimate of drug-likeness (QED) is 0.834. The summed E-state index contributed by atoms with van der Waals surface area (Å²) in [6.07, 6.45) is -0.526. The second-order valence-corrected chi connectivity index (χ2v) is 5.94. The number of esters is 2. The van der Waals surface area contributed by atoms with Crippen molar-refractivity contribution < 1.29 is 23.9 Å². The molecule has 1 aromatic rings. The molecular weight excluding hydrogens is 298 g/mol. The third-order valence-corrected chi connectivity index (χ3v) is 3.67. The first-order chi connectivity index (χ1) is 10.9. The maximum atomic E-state index is 12.3. The SMILES string of the molecule is Cc1ccc(C(=O)N[C@H](C(=O)O[C@@H]2CCOC2=O)C(C)C)cc1. The molecule has 0 bridgehead atoms. The van der Waals surface area contributed by atoms with E-state index >= 15 is 0 Å². The Morgan fingerprint density at radius 2 is 1.91 bits per heavy atom. The first-order valence-corrected chi connectivity index (χ1v) is 7.63. The predicted molar refractivity (Wildman–Crippen MR) is 82.7 cm³/mol. The molecule has 2 atom stereocenters. The molecule has 1 N–H and O–H groups in total. The lowest BCUT2D eigenvalue weighted by atomic mass is 10.0. The number of carbonyl (C=O) groups is 3. The third-order valence-electron chi connectivity index (χ3n) is 3.67. The van der Waals surface area contributed by atoms with Crippen molar-refractivity contribution in [3.8, 4) is 0 Å². The second kappa shape index (κ2) is 7.26. The molecule has 6 heteroatoms. The minimum atomic E-state index is -0.875. The van der Waals surface area contributed by atoms with Crippen molar-refractivity contribution in [1.82, 2.24) is 5.32 Å². The summed E-state index contributed by atoms with van der Waals surface area (Å²) in [4.78, 5) is 35.9. The van der Waals surface area contributed by atoms with Crippen LogP contribution in [0.3, 0.4) is 0 Å². The van der Waals surface area contributed by atoms with Gasteiger partial charge in [0.15, 0.2) is 0 Å². The van der Waals surface area contributed by atoms with Crippen LogP contribution >= 0.6 is 0 Å². The van der Waals surface area contributed by atoms with Gasteiger partial charge in [-0.15, -0.1) is 0 Å². The van der Waals surface area contributed by atoms with E-state index in [1.54, 1.807) is 26.0 Å². The highest BCUT2D eigenvalue weighted by molar-refractivity contribution is 5.97. The number of carbonyl (C=O) groups excluding carboxylic acids is 3. The molecule has 0 radical (unpaired) electrons. The zero-order valence-corrected chi connectivity index (χ0v) is 13.5. The van der Waals surface area contributed by atoms with Crippen LogP contribution in [-0.2, 0) is 19.1 Å². The molecule has 0 unspecified atom stereocenters. The molecule has 1 aromatic carbocycles. The van der Waals surface area contributed by atoms with Crippen molar-refractivity contribution in [2.24, 2.45) is 5.92 Å². The molecule has 1 aliphatic rings. The smallest absolute Gasteiger partial charge is 0.347 e. The lowest BCUT2D eigenvalue weighted by Crippen LogP contribution is -2.46. The van der Waals surface area contributed by atoms with Gasteiger partial charge in [-0.1, -0.05) is 31.5 Å². The summed E-state index contributed by atoms with van der Waals surface area (Å²) in [5.74, 6) is -1.68. The van der Waals surface area contributed by atoms with E-state index in [-0.39, 0.29) is 18.4 Å². The maximum absolute atomic E-state index is 12.3. The van der Waals surface area contributed by atoms with Crippen molar-refractivity contribution in [3.63, 3.8) is 0 Å². The first-order valence-electron chi connectivity index (χ1n) is 7.63. The highest BCUT2D eigenvalue weighted by Crippen LogP contribution is 2.14. The first kappa shape index (κ1) is 17.0. The van der Waals surface area contributed by atoms with Crippen LogP contribution in [-0.4, -0.2) is 36.6 Å². The number of hydrogen-bond acceptors (Lipinski definition) is 5. The Hall–Kier alpha value is -2.37. The van der Waals surface area contributed by atoms with Gasteiger partial charge in [0.25, 0.3) is 5.91 Å². The van der Waals surface area contributed by atoms with Crippen LogP contribution in [0.25, 0.3) is 0 Å². The molecule has 2 rings (SSSR count). The van der Waals surface area contributed by atoms with E-state index in [4.69, 9.17) is 9.47 Å². The van der Waals surface area contributed by atoms with E-state index in [9.17, 15) is 14.4 Å². The minimum absolute atomic E-state index is 0.172. The Kier molecular flexibility index (Phi) is 5.36. The standard InChI is InChI=1S/C17H21NO5/c1-10(2)14(17(21)23-13-8-9-22-16(13)20)18-15(19)12-6-4-11(3)5-7-12/h4-7,10,13-14H,8-9H2,1-3H3,(H,18,19)/t13-,14+/m1/s1. The van der Waals surface area contributed by atoms with Crippen LogP contribution < -0.4 is 5.32 Å². The Labute approximate surface area is 135 Å². The van der Waals surface area contributed by atoms with Gasteiger partial charge in [0.05, 0.1) is 6.61 Å². The maximum Gasteiger partial charge on any atom is 0.347 e. The molecule has 23 heavy (non-hydrogen) atoms. The summed E-state index contributed by atoms with van der Waals surface area (Å²) in [6, 6.07) is 6.22. The van der Waals surface area contributed by atoms with E-state index in [2.05, 4.69) is 5.32 Å². The van der Waals surface area contributed by atoms with Gasteiger partial charge in [0, 0.05) is 12.0 Å². The van der Waals surface area contributed by atoms with Crippen LogP contribution in [0, 0.1) is 12.8 Å². The molecule has 0 saturated carbocycles. The molecule has 124 valence electrons. The Bertz CT molecular complexity index is 594. The number of aryl methyl sites for hydroxylation is 1. The fourth-order valence-electron chi connectivity index (χ4n) is 2.23. The Balaban J connectivity index is 2.02. The van der Waals surface area contributed by atoms with Crippen molar-refractivity contribution >= 4 is 17.8 Å². The molecule has 1 heterocycles. The van der Waals surface area contributed by atoms with Crippen LogP contribution in [0.15, 0.2) is 24.3 Å². The Morgan fingerprint density at radius 3 is 2.43 bits per heavy atom.